The van der Waals surface area contributed by atoms with Gasteiger partial charge in [0, 0.05) is 5.69 Å². The van der Waals surface area contributed by atoms with Crippen LogP contribution in [0.4, 0.5) is 23.7 Å². The Labute approximate surface area is 106 Å². The van der Waals surface area contributed by atoms with Gasteiger partial charge in [-0.25, -0.2) is 4.79 Å². The maximum atomic E-state index is 11.9. The summed E-state index contributed by atoms with van der Waals surface area (Å²) in [6, 6.07) is 4.84. The molecule has 1 aromatic rings. The van der Waals surface area contributed by atoms with Crippen molar-refractivity contribution < 1.29 is 27.9 Å². The summed E-state index contributed by atoms with van der Waals surface area (Å²) in [4.78, 5) is 21.6. The van der Waals surface area contributed by atoms with Gasteiger partial charge in [0.1, 0.15) is 6.54 Å². The molecule has 0 spiro atoms. The summed E-state index contributed by atoms with van der Waals surface area (Å²) in [5.74, 6) is -1.04. The van der Waals surface area contributed by atoms with E-state index < -0.39 is 24.7 Å². The fraction of sp³-hybridized carbons (Fsp3) is 0.273. The molecule has 2 amide bonds. The van der Waals surface area contributed by atoms with Gasteiger partial charge in [-0.1, -0.05) is 12.1 Å². The molecule has 0 aromatic heterocycles. The second-order valence-electron chi connectivity index (χ2n) is 3.69. The van der Waals surface area contributed by atoms with Crippen molar-refractivity contribution in [1.29, 1.82) is 0 Å². The molecule has 19 heavy (non-hydrogen) atoms. The number of carboxylic acids is 1. The molecule has 1 rings (SSSR count). The number of amides is 2. The molecule has 3 N–H and O–H groups in total. The van der Waals surface area contributed by atoms with Crippen molar-refractivity contribution in [3.8, 4) is 0 Å². The number of rotatable bonds is 4. The van der Waals surface area contributed by atoms with Crippen molar-refractivity contribution in [2.45, 2.75) is 12.6 Å². The third-order valence-corrected chi connectivity index (χ3v) is 1.99. The van der Waals surface area contributed by atoms with E-state index >= 15 is 0 Å². The molecule has 0 saturated carbocycles. The van der Waals surface area contributed by atoms with Crippen LogP contribution in [0.1, 0.15) is 5.56 Å². The number of carbonyl (C=O) groups excluding carboxylic acids is 1. The summed E-state index contributed by atoms with van der Waals surface area (Å²) in [6.07, 6.45) is -4.72. The van der Waals surface area contributed by atoms with Gasteiger partial charge in [0.05, 0.1) is 6.42 Å². The van der Waals surface area contributed by atoms with Gasteiger partial charge in [-0.05, 0) is 17.7 Å². The number of urea groups is 1. The van der Waals surface area contributed by atoms with E-state index in [-0.39, 0.29) is 12.1 Å². The maximum Gasteiger partial charge on any atom is 0.405 e. The Morgan fingerprint density at radius 1 is 1.26 bits per heavy atom. The molecule has 0 aliphatic carbocycles. The van der Waals surface area contributed by atoms with Crippen LogP contribution in [-0.4, -0.2) is 29.8 Å². The molecule has 0 fully saturated rings. The summed E-state index contributed by atoms with van der Waals surface area (Å²) in [5, 5.41) is 12.4. The first kappa shape index (κ1) is 14.8. The van der Waals surface area contributed by atoms with Crippen molar-refractivity contribution in [2.24, 2.45) is 0 Å². The Balaban J connectivity index is 2.57. The lowest BCUT2D eigenvalue weighted by Crippen LogP contribution is -2.36. The molecule has 0 bridgehead atoms. The fourth-order valence-corrected chi connectivity index (χ4v) is 1.29. The van der Waals surface area contributed by atoms with Crippen LogP contribution in [0.3, 0.4) is 0 Å². The van der Waals surface area contributed by atoms with Crippen molar-refractivity contribution >= 4 is 17.7 Å². The molecule has 0 aliphatic heterocycles. The van der Waals surface area contributed by atoms with Crippen LogP contribution < -0.4 is 10.6 Å². The molecule has 0 heterocycles. The Bertz CT molecular complexity index is 474. The van der Waals surface area contributed by atoms with Gasteiger partial charge in [-0.15, -0.1) is 0 Å². The molecular weight excluding hydrogens is 265 g/mol. The third kappa shape index (κ3) is 6.29. The SMILES string of the molecule is O=C(O)Cc1cccc(NC(=O)NCC(F)(F)F)c1. The lowest BCUT2D eigenvalue weighted by Gasteiger charge is -2.10. The van der Waals surface area contributed by atoms with E-state index in [1.54, 1.807) is 5.32 Å². The van der Waals surface area contributed by atoms with E-state index in [0.29, 0.717) is 5.56 Å². The number of hydrogen-bond acceptors (Lipinski definition) is 2. The normalized spacial score (nSPS) is 10.9. The zero-order chi connectivity index (χ0) is 14.5. The van der Waals surface area contributed by atoms with Crippen LogP contribution in [0, 0.1) is 0 Å². The Morgan fingerprint density at radius 3 is 2.53 bits per heavy atom. The number of hydrogen-bond donors (Lipinski definition) is 3. The minimum atomic E-state index is -4.48. The zero-order valence-corrected chi connectivity index (χ0v) is 9.62. The highest BCUT2D eigenvalue weighted by molar-refractivity contribution is 5.89. The highest BCUT2D eigenvalue weighted by Gasteiger charge is 2.27. The third-order valence-electron chi connectivity index (χ3n) is 1.99. The standard InChI is InChI=1S/C11H11F3N2O3/c12-11(13,14)6-15-10(19)16-8-3-1-2-7(4-8)5-9(17)18/h1-4H,5-6H2,(H,17,18)(H2,15,16,19). The van der Waals surface area contributed by atoms with Gasteiger partial charge in [0.2, 0.25) is 0 Å². The van der Waals surface area contributed by atoms with Gasteiger partial charge in [-0.3, -0.25) is 4.79 Å². The van der Waals surface area contributed by atoms with Crippen LogP contribution in [0.2, 0.25) is 0 Å². The average molecular weight is 276 g/mol. The maximum absolute atomic E-state index is 11.9. The number of alkyl halides is 3. The topological polar surface area (TPSA) is 78.4 Å². The molecule has 0 aliphatic rings. The quantitative estimate of drug-likeness (QED) is 0.787. The molecule has 0 radical (unpaired) electrons. The zero-order valence-electron chi connectivity index (χ0n) is 9.62. The Hall–Kier alpha value is -2.25. The second-order valence-corrected chi connectivity index (χ2v) is 3.69. The predicted octanol–water partition coefficient (Wildman–Crippen LogP) is 2.00. The minimum Gasteiger partial charge on any atom is -0.481 e. The van der Waals surface area contributed by atoms with Crippen LogP contribution in [0.15, 0.2) is 24.3 Å². The van der Waals surface area contributed by atoms with Gasteiger partial charge >= 0.3 is 18.2 Å². The van der Waals surface area contributed by atoms with E-state index in [0.717, 1.165) is 0 Å². The first-order valence-corrected chi connectivity index (χ1v) is 5.18. The second kappa shape index (κ2) is 6.07. The molecule has 5 nitrogen and oxygen atoms in total. The van der Waals surface area contributed by atoms with Gasteiger partial charge in [0.25, 0.3) is 0 Å². The average Bonchev–Trinajstić information content (AvgIpc) is 2.25. The van der Waals surface area contributed by atoms with E-state index in [1.165, 1.54) is 24.3 Å². The summed E-state index contributed by atoms with van der Waals surface area (Å²) >= 11 is 0. The number of anilines is 1. The molecule has 104 valence electrons. The minimum absolute atomic E-state index is 0.221. The van der Waals surface area contributed by atoms with Crippen LogP contribution in [0.5, 0.6) is 0 Å². The summed E-state index contributed by atoms with van der Waals surface area (Å²) < 4.78 is 35.6. The van der Waals surface area contributed by atoms with Crippen LogP contribution in [-0.2, 0) is 11.2 Å². The molecule has 0 unspecified atom stereocenters. The van der Waals surface area contributed by atoms with Crippen LogP contribution >= 0.6 is 0 Å². The fourth-order valence-electron chi connectivity index (χ4n) is 1.29. The number of aliphatic carboxylic acids is 1. The van der Waals surface area contributed by atoms with Crippen molar-refractivity contribution in [3.63, 3.8) is 0 Å². The predicted molar refractivity (Wildman–Crippen MR) is 60.9 cm³/mol. The summed E-state index contributed by atoms with van der Waals surface area (Å²) in [5.41, 5.74) is 0.652. The first-order valence-electron chi connectivity index (χ1n) is 5.18. The molecular formula is C11H11F3N2O3. The summed E-state index contributed by atoms with van der Waals surface area (Å²) in [7, 11) is 0. The van der Waals surface area contributed by atoms with Crippen molar-refractivity contribution in [3.05, 3.63) is 29.8 Å². The number of carboxylic acid groups (broad SMARTS) is 1. The van der Waals surface area contributed by atoms with E-state index in [1.807, 2.05) is 0 Å². The van der Waals surface area contributed by atoms with Crippen molar-refractivity contribution in [1.82, 2.24) is 5.32 Å². The molecule has 1 aromatic carbocycles. The number of benzene rings is 1. The van der Waals surface area contributed by atoms with Crippen molar-refractivity contribution in [2.75, 3.05) is 11.9 Å². The first-order chi connectivity index (χ1) is 8.76. The monoisotopic (exact) mass is 276 g/mol. The van der Waals surface area contributed by atoms with Gasteiger partial charge in [0.15, 0.2) is 0 Å². The number of halogens is 3. The largest absolute Gasteiger partial charge is 0.481 e. The lowest BCUT2D eigenvalue weighted by molar-refractivity contribution is -0.136. The molecule has 8 heteroatoms. The van der Waals surface area contributed by atoms with E-state index in [9.17, 15) is 22.8 Å². The van der Waals surface area contributed by atoms with Gasteiger partial charge < -0.3 is 15.7 Å². The summed E-state index contributed by atoms with van der Waals surface area (Å²) in [6.45, 7) is -1.44. The Morgan fingerprint density at radius 2 is 1.95 bits per heavy atom. The highest BCUT2D eigenvalue weighted by Crippen LogP contribution is 2.13. The number of carbonyl (C=O) groups is 2. The molecule has 0 saturated heterocycles. The lowest BCUT2D eigenvalue weighted by atomic mass is 10.1. The van der Waals surface area contributed by atoms with E-state index in [4.69, 9.17) is 5.11 Å². The number of nitrogens with one attached hydrogen (secondary N) is 2. The molecule has 0 atom stereocenters. The highest BCUT2D eigenvalue weighted by atomic mass is 19.4. The van der Waals surface area contributed by atoms with Crippen LogP contribution in [0.25, 0.3) is 0 Å². The van der Waals surface area contributed by atoms with Gasteiger partial charge in [-0.2, -0.15) is 13.2 Å². The Kier molecular flexibility index (Phi) is 4.74. The van der Waals surface area contributed by atoms with E-state index in [2.05, 4.69) is 5.32 Å². The smallest absolute Gasteiger partial charge is 0.405 e.